The minimum absolute atomic E-state index is 0.114. The van der Waals surface area contributed by atoms with E-state index in [0.29, 0.717) is 24.8 Å². The monoisotopic (exact) mass is 282 g/mol. The molecule has 0 spiro atoms. The summed E-state index contributed by atoms with van der Waals surface area (Å²) < 4.78 is 1.65. The number of anilines is 1. The quantitative estimate of drug-likeness (QED) is 0.567. The van der Waals surface area contributed by atoms with E-state index in [4.69, 9.17) is 5.73 Å². The zero-order valence-corrected chi connectivity index (χ0v) is 11.0. The van der Waals surface area contributed by atoms with Gasteiger partial charge in [-0.3, -0.25) is 14.3 Å². The fourth-order valence-electron chi connectivity index (χ4n) is 1.62. The van der Waals surface area contributed by atoms with Crippen LogP contribution in [-0.4, -0.2) is 50.4 Å². The predicted molar refractivity (Wildman–Crippen MR) is 70.5 cm³/mol. The molecule has 9 heteroatoms. The van der Waals surface area contributed by atoms with Crippen LogP contribution < -0.4 is 11.1 Å². The smallest absolute Gasteiger partial charge is 0.324 e. The first-order valence-corrected chi connectivity index (χ1v) is 6.62. The molecule has 0 bridgehead atoms. The van der Waals surface area contributed by atoms with E-state index in [1.54, 1.807) is 10.6 Å². The topological polar surface area (TPSA) is 106 Å². The van der Waals surface area contributed by atoms with Crippen LogP contribution in [0.1, 0.15) is 0 Å². The molecule has 1 fully saturated rings. The fraction of sp³-hybridized carbons (Fsp3) is 0.400. The number of carbonyl (C=O) groups is 2. The summed E-state index contributed by atoms with van der Waals surface area (Å²) in [6.07, 6.45) is 1.67. The lowest BCUT2D eigenvalue weighted by atomic mass is 10.5. The minimum Gasteiger partial charge on any atom is -0.368 e. The zero-order chi connectivity index (χ0) is 13.8. The van der Waals surface area contributed by atoms with Gasteiger partial charge in [-0.1, -0.05) is 17.8 Å². The largest absolute Gasteiger partial charge is 0.368 e. The molecular formula is C10H14N6O2S. The number of amides is 3. The summed E-state index contributed by atoms with van der Waals surface area (Å²) in [7, 11) is 0. The van der Waals surface area contributed by atoms with E-state index in [9.17, 15) is 9.59 Å². The van der Waals surface area contributed by atoms with Crippen LogP contribution in [-0.2, 0) is 11.3 Å². The molecule has 0 unspecified atom stereocenters. The van der Waals surface area contributed by atoms with Crippen LogP contribution in [0.25, 0.3) is 0 Å². The Morgan fingerprint density at radius 3 is 3.00 bits per heavy atom. The number of nitrogens with one attached hydrogen (secondary N) is 1. The number of aromatic nitrogens is 3. The van der Waals surface area contributed by atoms with Crippen molar-refractivity contribution in [2.24, 2.45) is 0 Å². The first-order valence-electron chi connectivity index (χ1n) is 5.64. The summed E-state index contributed by atoms with van der Waals surface area (Å²) in [6, 6.07) is -0.349. The van der Waals surface area contributed by atoms with E-state index in [0.717, 1.165) is 0 Å². The fourth-order valence-corrected chi connectivity index (χ4v) is 2.45. The molecule has 1 aromatic heterocycles. The third-order valence-corrected chi connectivity index (χ3v) is 3.49. The third-order valence-electron chi connectivity index (χ3n) is 2.54. The van der Waals surface area contributed by atoms with Crippen molar-refractivity contribution in [2.75, 3.05) is 24.6 Å². The van der Waals surface area contributed by atoms with E-state index >= 15 is 0 Å². The number of urea groups is 1. The van der Waals surface area contributed by atoms with E-state index < -0.39 is 0 Å². The van der Waals surface area contributed by atoms with Crippen molar-refractivity contribution < 1.29 is 9.59 Å². The number of nitrogens with two attached hydrogens (primary N) is 1. The van der Waals surface area contributed by atoms with Crippen LogP contribution in [0.4, 0.5) is 10.7 Å². The van der Waals surface area contributed by atoms with Crippen LogP contribution in [0.15, 0.2) is 17.8 Å². The Hall–Kier alpha value is -2.03. The number of thioether (sulfide) groups is 1. The molecule has 8 nitrogen and oxygen atoms in total. The van der Waals surface area contributed by atoms with Gasteiger partial charge in [0.25, 0.3) is 0 Å². The highest BCUT2D eigenvalue weighted by molar-refractivity contribution is 7.99. The summed E-state index contributed by atoms with van der Waals surface area (Å²) in [6.45, 7) is 4.99. The van der Waals surface area contributed by atoms with Crippen LogP contribution >= 0.6 is 11.8 Å². The molecule has 1 aliphatic rings. The maximum Gasteiger partial charge on any atom is 0.324 e. The summed E-state index contributed by atoms with van der Waals surface area (Å²) in [5.74, 6) is 0.128. The first-order chi connectivity index (χ1) is 9.13. The number of carbonyl (C=O) groups excluding carboxylic acids is 2. The molecule has 102 valence electrons. The van der Waals surface area contributed by atoms with E-state index in [1.165, 1.54) is 16.7 Å². The molecule has 2 rings (SSSR count). The number of imide groups is 1. The Kier molecular flexibility index (Phi) is 4.05. The molecule has 19 heavy (non-hydrogen) atoms. The number of nitrogen functional groups attached to an aromatic ring is 1. The van der Waals surface area contributed by atoms with Gasteiger partial charge < -0.3 is 11.1 Å². The highest BCUT2D eigenvalue weighted by Gasteiger charge is 2.26. The van der Waals surface area contributed by atoms with Crippen molar-refractivity contribution in [3.63, 3.8) is 0 Å². The maximum atomic E-state index is 11.8. The summed E-state index contributed by atoms with van der Waals surface area (Å²) in [4.78, 5) is 24.3. The Labute approximate surface area is 114 Å². The second-order valence-electron chi connectivity index (χ2n) is 3.81. The molecule has 1 aromatic rings. The van der Waals surface area contributed by atoms with E-state index in [2.05, 4.69) is 22.1 Å². The molecule has 0 aliphatic carbocycles. The molecule has 0 atom stereocenters. The van der Waals surface area contributed by atoms with Gasteiger partial charge in [0.15, 0.2) is 5.16 Å². The number of rotatable bonds is 5. The Morgan fingerprint density at radius 1 is 1.58 bits per heavy atom. The standard InChI is InChI=1S/C10H14N6O2S/c1-2-4-16-8(11)13-14-10(16)19-6-7(17)15-5-3-12-9(15)18/h2H,1,3-6H2,(H2,11,13)(H,12,18). The van der Waals surface area contributed by atoms with E-state index in [1.807, 2.05) is 0 Å². The molecular weight excluding hydrogens is 268 g/mol. The van der Waals surface area contributed by atoms with Crippen molar-refractivity contribution in [3.05, 3.63) is 12.7 Å². The van der Waals surface area contributed by atoms with Gasteiger partial charge in [0.05, 0.1) is 5.75 Å². The minimum atomic E-state index is -0.349. The van der Waals surface area contributed by atoms with Crippen molar-refractivity contribution in [2.45, 2.75) is 11.7 Å². The van der Waals surface area contributed by atoms with Crippen molar-refractivity contribution in [1.82, 2.24) is 25.0 Å². The van der Waals surface area contributed by atoms with Gasteiger partial charge in [-0.15, -0.1) is 16.8 Å². The van der Waals surface area contributed by atoms with Crippen LogP contribution in [0.5, 0.6) is 0 Å². The van der Waals surface area contributed by atoms with Gasteiger partial charge in [0.1, 0.15) is 0 Å². The average Bonchev–Trinajstić information content (AvgIpc) is 2.95. The predicted octanol–water partition coefficient (Wildman–Crippen LogP) is -0.310. The van der Waals surface area contributed by atoms with Gasteiger partial charge in [-0.25, -0.2) is 4.79 Å². The Balaban J connectivity index is 1.97. The molecule has 1 saturated heterocycles. The van der Waals surface area contributed by atoms with Gasteiger partial charge in [0.2, 0.25) is 11.9 Å². The lowest BCUT2D eigenvalue weighted by Gasteiger charge is -2.11. The average molecular weight is 282 g/mol. The lowest BCUT2D eigenvalue weighted by molar-refractivity contribution is -0.124. The van der Waals surface area contributed by atoms with Crippen molar-refractivity contribution >= 4 is 29.6 Å². The third kappa shape index (κ3) is 2.87. The van der Waals surface area contributed by atoms with Gasteiger partial charge >= 0.3 is 6.03 Å². The summed E-state index contributed by atoms with van der Waals surface area (Å²) in [5.41, 5.74) is 5.65. The summed E-state index contributed by atoms with van der Waals surface area (Å²) in [5, 5.41) is 10.7. The van der Waals surface area contributed by atoms with Gasteiger partial charge in [-0.05, 0) is 0 Å². The molecule has 0 aromatic carbocycles. The lowest BCUT2D eigenvalue weighted by Crippen LogP contribution is -2.35. The number of allylic oxidation sites excluding steroid dienone is 1. The van der Waals surface area contributed by atoms with E-state index in [-0.39, 0.29) is 23.6 Å². The second kappa shape index (κ2) is 5.74. The number of hydrogen-bond donors (Lipinski definition) is 2. The molecule has 0 radical (unpaired) electrons. The maximum absolute atomic E-state index is 11.8. The van der Waals surface area contributed by atoms with Gasteiger partial charge in [-0.2, -0.15) is 0 Å². The highest BCUT2D eigenvalue weighted by atomic mass is 32.2. The molecule has 0 saturated carbocycles. The SMILES string of the molecule is C=CCn1c(N)nnc1SCC(=O)N1CCNC1=O. The molecule has 3 amide bonds. The number of hydrogen-bond acceptors (Lipinski definition) is 6. The number of nitrogens with zero attached hydrogens (tertiary/aromatic N) is 4. The van der Waals surface area contributed by atoms with Crippen LogP contribution in [0, 0.1) is 0 Å². The second-order valence-corrected chi connectivity index (χ2v) is 4.75. The highest BCUT2D eigenvalue weighted by Crippen LogP contribution is 2.18. The van der Waals surface area contributed by atoms with Gasteiger partial charge in [0, 0.05) is 19.6 Å². The normalized spacial score (nSPS) is 14.5. The molecule has 2 heterocycles. The molecule has 3 N–H and O–H groups in total. The van der Waals surface area contributed by atoms with Crippen LogP contribution in [0.3, 0.4) is 0 Å². The first kappa shape index (κ1) is 13.4. The van der Waals surface area contributed by atoms with Crippen LogP contribution in [0.2, 0.25) is 0 Å². The Morgan fingerprint density at radius 2 is 2.37 bits per heavy atom. The zero-order valence-electron chi connectivity index (χ0n) is 10.2. The Bertz CT molecular complexity index is 514. The van der Waals surface area contributed by atoms with Crippen molar-refractivity contribution in [3.8, 4) is 0 Å². The molecule has 1 aliphatic heterocycles. The van der Waals surface area contributed by atoms with Crippen molar-refractivity contribution in [1.29, 1.82) is 0 Å². The summed E-state index contributed by atoms with van der Waals surface area (Å²) >= 11 is 1.20.